The molecule has 0 aliphatic carbocycles. The molecule has 0 unspecified atom stereocenters. The summed E-state index contributed by atoms with van der Waals surface area (Å²) < 4.78 is 65.3. The van der Waals surface area contributed by atoms with Gasteiger partial charge in [0.15, 0.2) is 0 Å². The molecule has 0 atom stereocenters. The number of rotatable bonds is 5. The third-order valence-corrected chi connectivity index (χ3v) is 7.42. The van der Waals surface area contributed by atoms with Crippen LogP contribution < -0.4 is 10.6 Å². The van der Waals surface area contributed by atoms with Crippen LogP contribution in [0.5, 0.6) is 0 Å². The Morgan fingerprint density at radius 1 is 1.06 bits per heavy atom. The van der Waals surface area contributed by atoms with Crippen LogP contribution in [0.3, 0.4) is 0 Å². The summed E-state index contributed by atoms with van der Waals surface area (Å²) in [4.78, 5) is 4.08. The van der Waals surface area contributed by atoms with Crippen molar-refractivity contribution in [2.75, 3.05) is 25.0 Å². The summed E-state index contributed by atoms with van der Waals surface area (Å²) in [7, 11) is -3.60. The first-order valence-corrected chi connectivity index (χ1v) is 11.5. The fourth-order valence-corrected chi connectivity index (χ4v) is 5.24. The molecule has 0 radical (unpaired) electrons. The van der Waals surface area contributed by atoms with E-state index in [-0.39, 0.29) is 10.9 Å². The van der Waals surface area contributed by atoms with Gasteiger partial charge in [-0.15, -0.1) is 0 Å². The number of pyridine rings is 1. The molecule has 2 N–H and O–H groups in total. The van der Waals surface area contributed by atoms with Crippen LogP contribution in [0.25, 0.3) is 5.70 Å². The van der Waals surface area contributed by atoms with Gasteiger partial charge >= 0.3 is 6.18 Å². The predicted molar refractivity (Wildman–Crippen MR) is 112 cm³/mol. The number of sulfonamides is 1. The Hall–Kier alpha value is -2.59. The number of anilines is 1. The number of nitrogens with zero attached hydrogens (tertiary/aromatic N) is 2. The number of aromatic nitrogens is 1. The Morgan fingerprint density at radius 2 is 1.77 bits per heavy atom. The third kappa shape index (κ3) is 4.85. The van der Waals surface area contributed by atoms with Crippen molar-refractivity contribution in [3.63, 3.8) is 0 Å². The highest BCUT2D eigenvalue weighted by Gasteiger charge is 2.32. The molecule has 4 rings (SSSR count). The van der Waals surface area contributed by atoms with Crippen LogP contribution in [-0.4, -0.2) is 43.4 Å². The number of piperidine rings is 1. The maximum Gasteiger partial charge on any atom is 0.417 e. The minimum absolute atomic E-state index is 0.0570. The van der Waals surface area contributed by atoms with Gasteiger partial charge in [-0.25, -0.2) is 13.4 Å². The molecular weight excluding hydrogens is 429 g/mol. The Kier molecular flexibility index (Phi) is 5.94. The first-order chi connectivity index (χ1) is 14.7. The second-order valence-corrected chi connectivity index (χ2v) is 9.55. The molecule has 1 fully saturated rings. The van der Waals surface area contributed by atoms with Gasteiger partial charge in [0, 0.05) is 37.6 Å². The van der Waals surface area contributed by atoms with Gasteiger partial charge in [0.05, 0.1) is 10.5 Å². The van der Waals surface area contributed by atoms with E-state index in [1.807, 2.05) is 12.1 Å². The number of benzene rings is 1. The summed E-state index contributed by atoms with van der Waals surface area (Å²) in [6, 6.07) is 9.09. The highest BCUT2D eigenvalue weighted by atomic mass is 32.2. The van der Waals surface area contributed by atoms with Gasteiger partial charge in [-0.3, -0.25) is 0 Å². The van der Waals surface area contributed by atoms with Crippen molar-refractivity contribution in [1.29, 1.82) is 0 Å². The monoisotopic (exact) mass is 452 g/mol. The largest absolute Gasteiger partial charge is 0.417 e. The van der Waals surface area contributed by atoms with Gasteiger partial charge in [0.25, 0.3) is 0 Å². The minimum atomic E-state index is -4.42. The van der Waals surface area contributed by atoms with Crippen LogP contribution in [0, 0.1) is 0 Å². The molecular formula is C21H23F3N4O2S. The lowest BCUT2D eigenvalue weighted by molar-refractivity contribution is -0.137. The molecule has 166 valence electrons. The van der Waals surface area contributed by atoms with E-state index in [0.29, 0.717) is 31.7 Å². The summed E-state index contributed by atoms with van der Waals surface area (Å²) in [6.07, 6.45) is 0.498. The third-order valence-electron chi connectivity index (χ3n) is 5.51. The van der Waals surface area contributed by atoms with Gasteiger partial charge in [-0.1, -0.05) is 18.2 Å². The summed E-state index contributed by atoms with van der Waals surface area (Å²) in [5.74, 6) is 0.347. The van der Waals surface area contributed by atoms with Gasteiger partial charge < -0.3 is 10.6 Å². The second-order valence-electron chi connectivity index (χ2n) is 7.61. The van der Waals surface area contributed by atoms with Crippen molar-refractivity contribution in [2.24, 2.45) is 0 Å². The van der Waals surface area contributed by atoms with Gasteiger partial charge in [0.2, 0.25) is 10.0 Å². The van der Waals surface area contributed by atoms with Crippen molar-refractivity contribution >= 4 is 21.5 Å². The van der Waals surface area contributed by atoms with Crippen molar-refractivity contribution < 1.29 is 21.6 Å². The molecule has 1 aromatic heterocycles. The number of hydrogen-bond donors (Lipinski definition) is 2. The van der Waals surface area contributed by atoms with Crippen LogP contribution in [0.4, 0.5) is 19.0 Å². The molecule has 10 heteroatoms. The van der Waals surface area contributed by atoms with Crippen LogP contribution in [-0.2, 0) is 16.2 Å². The lowest BCUT2D eigenvalue weighted by Gasteiger charge is -2.32. The highest BCUT2D eigenvalue weighted by molar-refractivity contribution is 7.89. The van der Waals surface area contributed by atoms with E-state index in [9.17, 15) is 21.6 Å². The fraction of sp³-hybridized carbons (Fsp3) is 0.381. The van der Waals surface area contributed by atoms with E-state index in [4.69, 9.17) is 0 Å². The molecule has 1 aromatic carbocycles. The molecule has 0 bridgehead atoms. The Labute approximate surface area is 179 Å². The van der Waals surface area contributed by atoms with Crippen LogP contribution in [0.1, 0.15) is 30.4 Å². The molecule has 2 aliphatic rings. The smallest absolute Gasteiger partial charge is 0.385 e. The summed E-state index contributed by atoms with van der Waals surface area (Å²) in [5.41, 5.74) is 1.18. The second kappa shape index (κ2) is 8.51. The van der Waals surface area contributed by atoms with E-state index >= 15 is 0 Å². The van der Waals surface area contributed by atoms with E-state index in [1.54, 1.807) is 12.1 Å². The van der Waals surface area contributed by atoms with Crippen molar-refractivity contribution in [2.45, 2.75) is 36.4 Å². The number of alkyl halides is 3. The Bertz CT molecular complexity index is 1040. The lowest BCUT2D eigenvalue weighted by Crippen LogP contribution is -2.42. The first-order valence-electron chi connectivity index (χ1n) is 10.1. The first kappa shape index (κ1) is 21.6. The quantitative estimate of drug-likeness (QED) is 0.724. The van der Waals surface area contributed by atoms with E-state index in [0.717, 1.165) is 36.5 Å². The zero-order valence-corrected chi connectivity index (χ0v) is 17.5. The Morgan fingerprint density at radius 3 is 2.32 bits per heavy atom. The van der Waals surface area contributed by atoms with Crippen molar-refractivity contribution in [3.8, 4) is 0 Å². The number of halogens is 3. The van der Waals surface area contributed by atoms with Gasteiger partial charge in [0.1, 0.15) is 5.82 Å². The average Bonchev–Trinajstić information content (AvgIpc) is 3.29. The van der Waals surface area contributed by atoms with Crippen LogP contribution >= 0.6 is 0 Å². The Balaban J connectivity index is 1.35. The number of hydrogen-bond acceptors (Lipinski definition) is 5. The molecule has 2 aliphatic heterocycles. The van der Waals surface area contributed by atoms with Crippen molar-refractivity contribution in [1.82, 2.24) is 14.6 Å². The minimum Gasteiger partial charge on any atom is -0.385 e. The topological polar surface area (TPSA) is 74.3 Å². The molecule has 3 heterocycles. The summed E-state index contributed by atoms with van der Waals surface area (Å²) >= 11 is 0. The average molecular weight is 453 g/mol. The molecule has 2 aromatic rings. The SMILES string of the molecule is O=S(=O)(c1ccc(C2=CCCN2)cc1)N1CCC(Nc2ccc(C(F)(F)F)cn2)CC1. The fourth-order valence-electron chi connectivity index (χ4n) is 3.77. The molecule has 0 saturated carbocycles. The van der Waals surface area contributed by atoms with E-state index < -0.39 is 21.8 Å². The van der Waals surface area contributed by atoms with Crippen LogP contribution in [0.15, 0.2) is 53.6 Å². The molecule has 1 saturated heterocycles. The molecule has 6 nitrogen and oxygen atoms in total. The highest BCUT2D eigenvalue weighted by Crippen LogP contribution is 2.29. The predicted octanol–water partition coefficient (Wildman–Crippen LogP) is 3.70. The molecule has 31 heavy (non-hydrogen) atoms. The van der Waals surface area contributed by atoms with Gasteiger partial charge in [-0.05, 0) is 49.1 Å². The molecule has 0 spiro atoms. The zero-order valence-electron chi connectivity index (χ0n) is 16.7. The summed E-state index contributed by atoms with van der Waals surface area (Å²) in [5, 5.41) is 6.36. The van der Waals surface area contributed by atoms with Crippen molar-refractivity contribution in [3.05, 3.63) is 59.8 Å². The number of nitrogens with one attached hydrogen (secondary N) is 2. The lowest BCUT2D eigenvalue weighted by atomic mass is 10.1. The van der Waals surface area contributed by atoms with Gasteiger partial charge in [-0.2, -0.15) is 17.5 Å². The van der Waals surface area contributed by atoms with E-state index in [2.05, 4.69) is 21.7 Å². The molecule has 0 amide bonds. The van der Waals surface area contributed by atoms with Crippen LogP contribution in [0.2, 0.25) is 0 Å². The van der Waals surface area contributed by atoms with E-state index in [1.165, 1.54) is 10.4 Å². The maximum absolute atomic E-state index is 13.0. The standard InChI is InChI=1S/C21H23F3N4O2S/c22-21(23,24)16-5-8-20(26-14-16)27-17-9-12-28(13-10-17)31(29,30)18-6-3-15(4-7-18)19-2-1-11-25-19/h2-8,14,17,25H,1,9-13H2,(H,26,27). The summed E-state index contributed by atoms with van der Waals surface area (Å²) in [6.45, 7) is 1.55. The zero-order chi connectivity index (χ0) is 22.1. The maximum atomic E-state index is 13.0. The normalized spacial score (nSPS) is 18.5.